The molecule has 1 aromatic heterocycles. The Morgan fingerprint density at radius 1 is 1.03 bits per heavy atom. The highest BCUT2D eigenvalue weighted by Gasteiger charge is 2.19. The molecular formula is C20H19ClN4O3S. The molecule has 1 heterocycles. The van der Waals surface area contributed by atoms with Crippen molar-refractivity contribution in [3.8, 4) is 0 Å². The van der Waals surface area contributed by atoms with Crippen LogP contribution in [0.2, 0.25) is 5.02 Å². The summed E-state index contributed by atoms with van der Waals surface area (Å²) in [4.78, 5) is 16.2. The molecule has 0 aliphatic heterocycles. The van der Waals surface area contributed by atoms with Crippen LogP contribution in [0, 0.1) is 0 Å². The van der Waals surface area contributed by atoms with Gasteiger partial charge in [0.25, 0.3) is 5.91 Å². The number of amides is 1. The standard InChI is InChI=1S/C20H19ClN4O3S/c21-17-3-1-2-4-19(17)29(27,28)24-13-18(22)14-5-7-15(8-6-14)20(26)25-16-9-11-23-12-10-16/h1-12,18,24H,13,22H2,(H,23,25,26). The van der Waals surface area contributed by atoms with Gasteiger partial charge in [0.05, 0.1) is 5.02 Å². The van der Waals surface area contributed by atoms with Crippen molar-refractivity contribution in [2.24, 2.45) is 5.73 Å². The van der Waals surface area contributed by atoms with Crippen LogP contribution in [0.25, 0.3) is 0 Å². The number of nitrogens with zero attached hydrogens (tertiary/aromatic N) is 1. The fraction of sp³-hybridized carbons (Fsp3) is 0.100. The van der Waals surface area contributed by atoms with Crippen LogP contribution >= 0.6 is 11.6 Å². The van der Waals surface area contributed by atoms with Crippen LogP contribution in [0.4, 0.5) is 5.69 Å². The number of nitrogens with two attached hydrogens (primary N) is 1. The second kappa shape index (κ2) is 9.15. The molecular weight excluding hydrogens is 412 g/mol. The monoisotopic (exact) mass is 430 g/mol. The molecule has 29 heavy (non-hydrogen) atoms. The fourth-order valence-electron chi connectivity index (χ4n) is 2.58. The lowest BCUT2D eigenvalue weighted by Crippen LogP contribution is -2.32. The van der Waals surface area contributed by atoms with Crippen LogP contribution in [0.5, 0.6) is 0 Å². The van der Waals surface area contributed by atoms with Crippen molar-refractivity contribution in [2.45, 2.75) is 10.9 Å². The molecule has 0 bridgehead atoms. The Kier molecular flexibility index (Phi) is 6.60. The van der Waals surface area contributed by atoms with Crippen LogP contribution in [-0.2, 0) is 10.0 Å². The minimum absolute atomic E-state index is 0.00278. The third kappa shape index (κ3) is 5.39. The molecule has 2 aromatic carbocycles. The molecule has 1 amide bonds. The second-order valence-electron chi connectivity index (χ2n) is 6.20. The van der Waals surface area contributed by atoms with Crippen LogP contribution in [0.3, 0.4) is 0 Å². The molecule has 7 nitrogen and oxygen atoms in total. The van der Waals surface area contributed by atoms with Crippen LogP contribution in [0.1, 0.15) is 22.0 Å². The summed E-state index contributed by atoms with van der Waals surface area (Å²) in [6, 6.07) is 15.6. The van der Waals surface area contributed by atoms with E-state index in [1.165, 1.54) is 12.1 Å². The van der Waals surface area contributed by atoms with Crippen molar-refractivity contribution < 1.29 is 13.2 Å². The maximum atomic E-state index is 12.4. The van der Waals surface area contributed by atoms with E-state index >= 15 is 0 Å². The van der Waals surface area contributed by atoms with E-state index in [9.17, 15) is 13.2 Å². The van der Waals surface area contributed by atoms with Crippen LogP contribution in [-0.4, -0.2) is 25.9 Å². The molecule has 4 N–H and O–H groups in total. The quantitative estimate of drug-likeness (QED) is 0.533. The maximum Gasteiger partial charge on any atom is 0.255 e. The predicted octanol–water partition coefficient (Wildman–Crippen LogP) is 2.97. The van der Waals surface area contributed by atoms with Crippen molar-refractivity contribution in [3.05, 3.63) is 89.2 Å². The number of benzene rings is 2. The molecule has 3 aromatic rings. The third-order valence-corrected chi connectivity index (χ3v) is 6.08. The molecule has 1 atom stereocenters. The molecule has 0 saturated heterocycles. The van der Waals surface area contributed by atoms with Crippen LogP contribution < -0.4 is 15.8 Å². The number of anilines is 1. The van der Waals surface area contributed by atoms with E-state index in [0.717, 1.165) is 0 Å². The molecule has 9 heteroatoms. The summed E-state index contributed by atoms with van der Waals surface area (Å²) >= 11 is 5.95. The van der Waals surface area contributed by atoms with Gasteiger partial charge in [0.2, 0.25) is 10.0 Å². The van der Waals surface area contributed by atoms with E-state index in [-0.39, 0.29) is 22.4 Å². The van der Waals surface area contributed by atoms with E-state index in [2.05, 4.69) is 15.0 Å². The normalized spacial score (nSPS) is 12.3. The van der Waals surface area contributed by atoms with Gasteiger partial charge in [-0.15, -0.1) is 0 Å². The number of aromatic nitrogens is 1. The summed E-state index contributed by atoms with van der Waals surface area (Å²) < 4.78 is 27.3. The number of pyridine rings is 1. The highest BCUT2D eigenvalue weighted by atomic mass is 35.5. The largest absolute Gasteiger partial charge is 0.323 e. The van der Waals surface area contributed by atoms with Gasteiger partial charge in [-0.2, -0.15) is 0 Å². The highest BCUT2D eigenvalue weighted by molar-refractivity contribution is 7.89. The molecule has 0 saturated carbocycles. The van der Waals surface area contributed by atoms with E-state index < -0.39 is 16.1 Å². The average molecular weight is 431 g/mol. The number of rotatable bonds is 7. The topological polar surface area (TPSA) is 114 Å². The lowest BCUT2D eigenvalue weighted by atomic mass is 10.1. The van der Waals surface area contributed by atoms with Gasteiger partial charge < -0.3 is 11.1 Å². The smallest absolute Gasteiger partial charge is 0.255 e. The lowest BCUT2D eigenvalue weighted by Gasteiger charge is -2.14. The first-order chi connectivity index (χ1) is 13.9. The van der Waals surface area contributed by atoms with E-state index in [0.29, 0.717) is 16.8 Å². The summed E-state index contributed by atoms with van der Waals surface area (Å²) in [7, 11) is -3.78. The number of sulfonamides is 1. The summed E-state index contributed by atoms with van der Waals surface area (Å²) in [6.07, 6.45) is 3.17. The Bertz CT molecular complexity index is 1090. The van der Waals surface area contributed by atoms with Crippen molar-refractivity contribution in [2.75, 3.05) is 11.9 Å². The molecule has 0 fully saturated rings. The predicted molar refractivity (Wildman–Crippen MR) is 112 cm³/mol. The SMILES string of the molecule is NC(CNS(=O)(=O)c1ccccc1Cl)c1ccc(C(=O)Nc2ccncc2)cc1. The van der Waals surface area contributed by atoms with Crippen molar-refractivity contribution in [3.63, 3.8) is 0 Å². The number of carbonyl (C=O) groups is 1. The van der Waals surface area contributed by atoms with Gasteiger partial charge in [0.1, 0.15) is 4.90 Å². The molecule has 150 valence electrons. The molecule has 3 rings (SSSR count). The molecule has 0 radical (unpaired) electrons. The molecule has 0 aliphatic carbocycles. The first kappa shape index (κ1) is 20.9. The van der Waals surface area contributed by atoms with Crippen molar-refractivity contribution >= 4 is 33.2 Å². The third-order valence-electron chi connectivity index (χ3n) is 4.16. The number of nitrogens with one attached hydrogen (secondary N) is 2. The summed E-state index contributed by atoms with van der Waals surface area (Å²) in [5.41, 5.74) is 7.88. The highest BCUT2D eigenvalue weighted by Crippen LogP contribution is 2.21. The first-order valence-electron chi connectivity index (χ1n) is 8.68. The summed E-state index contributed by atoms with van der Waals surface area (Å²) in [5, 5.41) is 2.90. The van der Waals surface area contributed by atoms with Crippen molar-refractivity contribution in [1.29, 1.82) is 0 Å². The zero-order valence-electron chi connectivity index (χ0n) is 15.2. The van der Waals surface area contributed by atoms with Gasteiger partial charge in [-0.3, -0.25) is 9.78 Å². The number of carbonyl (C=O) groups excluding carboxylic acids is 1. The van der Waals surface area contributed by atoms with Gasteiger partial charge in [0, 0.05) is 36.2 Å². The van der Waals surface area contributed by atoms with Crippen molar-refractivity contribution in [1.82, 2.24) is 9.71 Å². The molecule has 0 spiro atoms. The van der Waals surface area contributed by atoms with Crippen LogP contribution in [0.15, 0.2) is 78.0 Å². The summed E-state index contributed by atoms with van der Waals surface area (Å²) in [5.74, 6) is -0.268. The zero-order chi connectivity index (χ0) is 20.9. The Morgan fingerprint density at radius 3 is 2.34 bits per heavy atom. The van der Waals surface area contributed by atoms with Gasteiger partial charge in [-0.1, -0.05) is 35.9 Å². The maximum absolute atomic E-state index is 12.4. The number of halogens is 1. The summed E-state index contributed by atoms with van der Waals surface area (Å²) in [6.45, 7) is -0.0177. The Balaban J connectivity index is 1.62. The van der Waals surface area contributed by atoms with E-state index in [1.54, 1.807) is 60.9 Å². The van der Waals surface area contributed by atoms with E-state index in [4.69, 9.17) is 17.3 Å². The van der Waals surface area contributed by atoms with Gasteiger partial charge in [-0.05, 0) is 42.0 Å². The minimum Gasteiger partial charge on any atom is -0.323 e. The van der Waals surface area contributed by atoms with Gasteiger partial charge in [-0.25, -0.2) is 13.1 Å². The molecule has 0 aliphatic rings. The fourth-order valence-corrected chi connectivity index (χ4v) is 4.16. The second-order valence-corrected chi connectivity index (χ2v) is 8.34. The minimum atomic E-state index is -3.78. The zero-order valence-corrected chi connectivity index (χ0v) is 16.8. The number of hydrogen-bond acceptors (Lipinski definition) is 5. The van der Waals surface area contributed by atoms with E-state index in [1.807, 2.05) is 0 Å². The average Bonchev–Trinajstić information content (AvgIpc) is 2.73. The number of hydrogen-bond donors (Lipinski definition) is 3. The molecule has 1 unspecified atom stereocenters. The Hall–Kier alpha value is -2.78. The van der Waals surface area contributed by atoms with Gasteiger partial charge in [0.15, 0.2) is 0 Å². The Labute approximate surface area is 174 Å². The van der Waals surface area contributed by atoms with Gasteiger partial charge >= 0.3 is 0 Å². The Morgan fingerprint density at radius 2 is 1.69 bits per heavy atom. The lowest BCUT2D eigenvalue weighted by molar-refractivity contribution is 0.102. The first-order valence-corrected chi connectivity index (χ1v) is 10.5.